The van der Waals surface area contributed by atoms with Gasteiger partial charge in [-0.3, -0.25) is 4.79 Å². The van der Waals surface area contributed by atoms with E-state index in [0.717, 1.165) is 6.54 Å². The van der Waals surface area contributed by atoms with Crippen molar-refractivity contribution in [1.29, 1.82) is 0 Å². The van der Waals surface area contributed by atoms with Crippen LogP contribution in [0.3, 0.4) is 0 Å². The number of hydrogen-bond donors (Lipinski definition) is 3. The van der Waals surface area contributed by atoms with Crippen LogP contribution in [0.2, 0.25) is 0 Å². The van der Waals surface area contributed by atoms with Crippen molar-refractivity contribution in [3.63, 3.8) is 0 Å². The summed E-state index contributed by atoms with van der Waals surface area (Å²) in [5.41, 5.74) is 0. The molecule has 0 bridgehead atoms. The van der Waals surface area contributed by atoms with Gasteiger partial charge in [0, 0.05) is 26.7 Å². The van der Waals surface area contributed by atoms with Crippen LogP contribution in [-0.2, 0) is 9.53 Å². The van der Waals surface area contributed by atoms with Crippen LogP contribution in [0.4, 0.5) is 0 Å². The SMILES string of the molecule is CCNCCC(=O)NC(CCO)COC. The quantitative estimate of drug-likeness (QED) is 0.456. The van der Waals surface area contributed by atoms with E-state index in [-0.39, 0.29) is 18.6 Å². The van der Waals surface area contributed by atoms with Crippen molar-refractivity contribution in [3.8, 4) is 0 Å². The van der Waals surface area contributed by atoms with E-state index in [2.05, 4.69) is 10.6 Å². The molecule has 0 heterocycles. The molecule has 3 N–H and O–H groups in total. The molecule has 0 aliphatic heterocycles. The number of nitrogens with one attached hydrogen (secondary N) is 2. The number of amides is 1. The van der Waals surface area contributed by atoms with Crippen LogP contribution in [0.5, 0.6) is 0 Å². The van der Waals surface area contributed by atoms with Crippen molar-refractivity contribution in [3.05, 3.63) is 0 Å². The van der Waals surface area contributed by atoms with Crippen molar-refractivity contribution in [2.24, 2.45) is 0 Å². The van der Waals surface area contributed by atoms with E-state index in [1.54, 1.807) is 7.11 Å². The van der Waals surface area contributed by atoms with Crippen LogP contribution in [0.15, 0.2) is 0 Å². The van der Waals surface area contributed by atoms with Gasteiger partial charge in [-0.1, -0.05) is 6.92 Å². The molecule has 0 saturated heterocycles. The van der Waals surface area contributed by atoms with Gasteiger partial charge < -0.3 is 20.5 Å². The molecular formula is C10H22N2O3. The number of methoxy groups -OCH3 is 1. The maximum atomic E-state index is 11.4. The first kappa shape index (κ1) is 14.3. The Morgan fingerprint density at radius 3 is 2.80 bits per heavy atom. The minimum absolute atomic E-state index is 0.00792. The predicted octanol–water partition coefficient (Wildman–Crippen LogP) is -0.500. The summed E-state index contributed by atoms with van der Waals surface area (Å²) in [6, 6.07) is -0.0888. The molecule has 0 rings (SSSR count). The number of aliphatic hydroxyl groups is 1. The van der Waals surface area contributed by atoms with Gasteiger partial charge in [-0.15, -0.1) is 0 Å². The third-order valence-electron chi connectivity index (χ3n) is 1.99. The van der Waals surface area contributed by atoms with Crippen LogP contribution in [0.1, 0.15) is 19.8 Å². The average Bonchev–Trinajstić information content (AvgIpc) is 2.19. The van der Waals surface area contributed by atoms with Crippen LogP contribution in [-0.4, -0.2) is 50.5 Å². The van der Waals surface area contributed by atoms with Gasteiger partial charge in [0.1, 0.15) is 0 Å². The second-order valence-electron chi connectivity index (χ2n) is 3.34. The van der Waals surface area contributed by atoms with Gasteiger partial charge in [0.15, 0.2) is 0 Å². The van der Waals surface area contributed by atoms with Gasteiger partial charge >= 0.3 is 0 Å². The number of aliphatic hydroxyl groups excluding tert-OH is 1. The summed E-state index contributed by atoms with van der Waals surface area (Å²) in [5.74, 6) is -0.00792. The van der Waals surface area contributed by atoms with E-state index in [0.29, 0.717) is 26.0 Å². The van der Waals surface area contributed by atoms with Gasteiger partial charge in [-0.25, -0.2) is 0 Å². The Balaban J connectivity index is 3.67. The molecule has 0 aliphatic rings. The van der Waals surface area contributed by atoms with Crippen LogP contribution >= 0.6 is 0 Å². The van der Waals surface area contributed by atoms with E-state index in [9.17, 15) is 4.79 Å². The summed E-state index contributed by atoms with van der Waals surface area (Å²) < 4.78 is 4.94. The highest BCUT2D eigenvalue weighted by molar-refractivity contribution is 5.76. The second-order valence-corrected chi connectivity index (χ2v) is 3.34. The van der Waals surface area contributed by atoms with Crippen molar-refractivity contribution in [1.82, 2.24) is 10.6 Å². The lowest BCUT2D eigenvalue weighted by atomic mass is 10.2. The van der Waals surface area contributed by atoms with Crippen LogP contribution < -0.4 is 10.6 Å². The molecule has 1 unspecified atom stereocenters. The molecule has 0 aromatic heterocycles. The first-order valence-electron chi connectivity index (χ1n) is 5.34. The zero-order chi connectivity index (χ0) is 11.5. The summed E-state index contributed by atoms with van der Waals surface area (Å²) in [7, 11) is 1.58. The van der Waals surface area contributed by atoms with E-state index in [4.69, 9.17) is 9.84 Å². The molecule has 5 nitrogen and oxygen atoms in total. The molecule has 1 atom stereocenters. The average molecular weight is 218 g/mol. The Bertz CT molecular complexity index is 159. The molecule has 0 aromatic carbocycles. The molecule has 0 spiro atoms. The van der Waals surface area contributed by atoms with Gasteiger partial charge in [0.25, 0.3) is 0 Å². The zero-order valence-electron chi connectivity index (χ0n) is 9.58. The molecule has 15 heavy (non-hydrogen) atoms. The Labute approximate surface area is 91.2 Å². The van der Waals surface area contributed by atoms with Gasteiger partial charge in [0.2, 0.25) is 5.91 Å². The largest absolute Gasteiger partial charge is 0.396 e. The monoisotopic (exact) mass is 218 g/mol. The number of rotatable bonds is 9. The summed E-state index contributed by atoms with van der Waals surface area (Å²) in [5, 5.41) is 14.7. The highest BCUT2D eigenvalue weighted by atomic mass is 16.5. The standard InChI is InChI=1S/C10H22N2O3/c1-3-11-6-4-10(14)12-9(5-7-13)8-15-2/h9,11,13H,3-8H2,1-2H3,(H,12,14). The van der Waals surface area contributed by atoms with E-state index >= 15 is 0 Å². The number of carbonyl (C=O) groups is 1. The number of hydrogen-bond acceptors (Lipinski definition) is 4. The Morgan fingerprint density at radius 1 is 1.53 bits per heavy atom. The first-order valence-corrected chi connectivity index (χ1v) is 5.34. The third kappa shape index (κ3) is 8.35. The summed E-state index contributed by atoms with van der Waals surface area (Å²) in [6.45, 7) is 4.04. The lowest BCUT2D eigenvalue weighted by molar-refractivity contribution is -0.122. The molecule has 0 saturated carbocycles. The molecule has 0 fully saturated rings. The summed E-state index contributed by atoms with van der Waals surface area (Å²) >= 11 is 0. The predicted molar refractivity (Wildman–Crippen MR) is 58.7 cm³/mol. The summed E-state index contributed by atoms with van der Waals surface area (Å²) in [4.78, 5) is 11.4. The van der Waals surface area contributed by atoms with Gasteiger partial charge in [-0.2, -0.15) is 0 Å². The second kappa shape index (κ2) is 9.89. The fourth-order valence-corrected chi connectivity index (χ4v) is 1.23. The Kier molecular flexibility index (Phi) is 9.46. The molecule has 0 aromatic rings. The number of carbonyl (C=O) groups excluding carboxylic acids is 1. The minimum Gasteiger partial charge on any atom is -0.396 e. The maximum absolute atomic E-state index is 11.4. The fraction of sp³-hybridized carbons (Fsp3) is 0.900. The summed E-state index contributed by atoms with van der Waals surface area (Å²) in [6.07, 6.45) is 0.986. The molecular weight excluding hydrogens is 196 g/mol. The van der Waals surface area contributed by atoms with Crippen molar-refractivity contribution < 1.29 is 14.6 Å². The normalized spacial score (nSPS) is 12.5. The van der Waals surface area contributed by atoms with E-state index in [1.165, 1.54) is 0 Å². The lowest BCUT2D eigenvalue weighted by Gasteiger charge is -2.16. The molecule has 0 radical (unpaired) electrons. The van der Waals surface area contributed by atoms with Gasteiger partial charge in [-0.05, 0) is 13.0 Å². The smallest absolute Gasteiger partial charge is 0.221 e. The van der Waals surface area contributed by atoms with Crippen molar-refractivity contribution >= 4 is 5.91 Å². The fourth-order valence-electron chi connectivity index (χ4n) is 1.23. The van der Waals surface area contributed by atoms with Gasteiger partial charge in [0.05, 0.1) is 12.6 Å². The van der Waals surface area contributed by atoms with Crippen LogP contribution in [0.25, 0.3) is 0 Å². The molecule has 1 amide bonds. The molecule has 5 heteroatoms. The maximum Gasteiger partial charge on any atom is 0.221 e. The topological polar surface area (TPSA) is 70.6 Å². The lowest BCUT2D eigenvalue weighted by Crippen LogP contribution is -2.39. The Hall–Kier alpha value is -0.650. The van der Waals surface area contributed by atoms with E-state index < -0.39 is 0 Å². The zero-order valence-corrected chi connectivity index (χ0v) is 9.58. The minimum atomic E-state index is -0.0888. The van der Waals surface area contributed by atoms with Crippen LogP contribution in [0, 0.1) is 0 Å². The Morgan fingerprint density at radius 2 is 2.27 bits per heavy atom. The third-order valence-corrected chi connectivity index (χ3v) is 1.99. The first-order chi connectivity index (χ1) is 7.24. The van der Waals surface area contributed by atoms with Crippen molar-refractivity contribution in [2.75, 3.05) is 33.4 Å². The number of ether oxygens (including phenoxy) is 1. The van der Waals surface area contributed by atoms with Crippen molar-refractivity contribution in [2.45, 2.75) is 25.8 Å². The molecule has 90 valence electrons. The highest BCUT2D eigenvalue weighted by Crippen LogP contribution is 1.92. The van der Waals surface area contributed by atoms with E-state index in [1.807, 2.05) is 6.92 Å². The molecule has 0 aliphatic carbocycles. The highest BCUT2D eigenvalue weighted by Gasteiger charge is 2.10.